The zero-order chi connectivity index (χ0) is 13.2. The van der Waals surface area contributed by atoms with Crippen molar-refractivity contribution in [3.05, 3.63) is 81.8 Å². The van der Waals surface area contributed by atoms with Crippen LogP contribution >= 0.6 is 15.9 Å². The Labute approximate surface area is 121 Å². The van der Waals surface area contributed by atoms with Gasteiger partial charge in [-0.15, -0.1) is 0 Å². The Balaban J connectivity index is 2.18. The molecule has 2 nitrogen and oxygen atoms in total. The summed E-state index contributed by atoms with van der Waals surface area (Å²) in [4.78, 5) is 6.67. The molecule has 96 valence electrons. The first kappa shape index (κ1) is 12.3. The third-order valence-electron chi connectivity index (χ3n) is 3.49. The van der Waals surface area contributed by atoms with Gasteiger partial charge in [-0.3, -0.25) is 0 Å². The minimum absolute atomic E-state index is 0.211. The van der Waals surface area contributed by atoms with E-state index in [1.165, 1.54) is 22.5 Å². The molecule has 2 N–H and O–H groups in total. The number of nitrogens with one attached hydrogen (secondary N) is 2. The third-order valence-corrected chi connectivity index (χ3v) is 4.35. The molecule has 1 aromatic carbocycles. The van der Waals surface area contributed by atoms with E-state index in [1.54, 1.807) is 0 Å². The fourth-order valence-electron chi connectivity index (χ4n) is 2.49. The second-order valence-corrected chi connectivity index (χ2v) is 5.49. The topological polar surface area (TPSA) is 31.6 Å². The number of hydrogen-bond acceptors (Lipinski definition) is 0. The second kappa shape index (κ2) is 5.10. The van der Waals surface area contributed by atoms with E-state index in [9.17, 15) is 0 Å². The third kappa shape index (κ3) is 2.26. The van der Waals surface area contributed by atoms with E-state index in [0.29, 0.717) is 0 Å². The molecule has 3 heteroatoms. The average Bonchev–Trinajstić information content (AvgIpc) is 3.08. The summed E-state index contributed by atoms with van der Waals surface area (Å²) in [7, 11) is 0. The number of rotatable bonds is 3. The Bertz CT molecular complexity index is 620. The van der Waals surface area contributed by atoms with Gasteiger partial charge >= 0.3 is 0 Å². The van der Waals surface area contributed by atoms with Crippen LogP contribution in [0, 0.1) is 6.92 Å². The molecule has 2 aromatic heterocycles. The van der Waals surface area contributed by atoms with E-state index < -0.39 is 0 Å². The lowest BCUT2D eigenvalue weighted by Crippen LogP contribution is -2.06. The molecule has 0 radical (unpaired) electrons. The molecular weight excluding hydrogens is 300 g/mol. The Morgan fingerprint density at radius 2 is 1.53 bits per heavy atom. The van der Waals surface area contributed by atoms with E-state index in [1.807, 2.05) is 24.5 Å². The molecule has 19 heavy (non-hydrogen) atoms. The molecule has 3 aromatic rings. The van der Waals surface area contributed by atoms with Crippen molar-refractivity contribution in [2.45, 2.75) is 12.8 Å². The molecule has 0 atom stereocenters. The zero-order valence-electron chi connectivity index (χ0n) is 10.7. The lowest BCUT2D eigenvalue weighted by molar-refractivity contribution is 0.887. The zero-order valence-corrected chi connectivity index (χ0v) is 12.2. The highest BCUT2D eigenvalue weighted by Crippen LogP contribution is 2.34. The summed E-state index contributed by atoms with van der Waals surface area (Å²) in [6, 6.07) is 14.7. The van der Waals surface area contributed by atoms with Gasteiger partial charge in [0.25, 0.3) is 0 Å². The smallest absolute Gasteiger partial charge is 0.0644 e. The second-order valence-electron chi connectivity index (χ2n) is 4.64. The maximum absolute atomic E-state index is 3.62. The van der Waals surface area contributed by atoms with Crippen LogP contribution in [0.2, 0.25) is 0 Å². The molecule has 0 aliphatic heterocycles. The van der Waals surface area contributed by atoms with E-state index in [4.69, 9.17) is 0 Å². The van der Waals surface area contributed by atoms with E-state index >= 15 is 0 Å². The van der Waals surface area contributed by atoms with Gasteiger partial charge in [-0.2, -0.15) is 0 Å². The maximum atomic E-state index is 3.62. The predicted octanol–water partition coefficient (Wildman–Crippen LogP) is 4.59. The van der Waals surface area contributed by atoms with Gasteiger partial charge < -0.3 is 9.97 Å². The lowest BCUT2D eigenvalue weighted by Gasteiger charge is -2.18. The largest absolute Gasteiger partial charge is 0.364 e. The molecule has 3 rings (SSSR count). The summed E-state index contributed by atoms with van der Waals surface area (Å²) in [5.41, 5.74) is 4.98. The van der Waals surface area contributed by atoms with Crippen molar-refractivity contribution in [2.75, 3.05) is 0 Å². The lowest BCUT2D eigenvalue weighted by atomic mass is 9.89. The minimum Gasteiger partial charge on any atom is -0.364 e. The van der Waals surface area contributed by atoms with Crippen molar-refractivity contribution in [2.24, 2.45) is 0 Å². The summed E-state index contributed by atoms with van der Waals surface area (Å²) in [6.07, 6.45) is 3.94. The van der Waals surface area contributed by atoms with Gasteiger partial charge in [-0.1, -0.05) is 28.1 Å². The molecule has 0 aliphatic carbocycles. The van der Waals surface area contributed by atoms with Gasteiger partial charge in [0.05, 0.1) is 5.92 Å². The van der Waals surface area contributed by atoms with Crippen LogP contribution in [0.4, 0.5) is 0 Å². The molecule has 0 fully saturated rings. The van der Waals surface area contributed by atoms with Gasteiger partial charge in [-0.05, 0) is 48.4 Å². The molecule has 0 bridgehead atoms. The van der Waals surface area contributed by atoms with Crippen LogP contribution in [0.25, 0.3) is 0 Å². The number of hydrogen-bond donors (Lipinski definition) is 2. The van der Waals surface area contributed by atoms with Gasteiger partial charge in [0, 0.05) is 28.3 Å². The van der Waals surface area contributed by atoms with Crippen molar-refractivity contribution in [1.82, 2.24) is 9.97 Å². The Morgan fingerprint density at radius 3 is 2.05 bits per heavy atom. The summed E-state index contributed by atoms with van der Waals surface area (Å²) in [5, 5.41) is 0. The van der Waals surface area contributed by atoms with Crippen molar-refractivity contribution < 1.29 is 0 Å². The van der Waals surface area contributed by atoms with Crippen LogP contribution in [0.1, 0.15) is 28.4 Å². The fourth-order valence-corrected chi connectivity index (χ4v) is 2.87. The van der Waals surface area contributed by atoms with Gasteiger partial charge in [0.1, 0.15) is 0 Å². The first-order valence-electron chi connectivity index (χ1n) is 6.29. The minimum atomic E-state index is 0.211. The number of aromatic nitrogens is 2. The van der Waals surface area contributed by atoms with Gasteiger partial charge in [-0.25, -0.2) is 0 Å². The van der Waals surface area contributed by atoms with Crippen LogP contribution in [0.3, 0.4) is 0 Å². The summed E-state index contributed by atoms with van der Waals surface area (Å²) >= 11 is 3.62. The van der Waals surface area contributed by atoms with Gasteiger partial charge in [0.15, 0.2) is 0 Å². The Kier molecular flexibility index (Phi) is 3.30. The number of benzene rings is 1. The first-order chi connectivity index (χ1) is 9.27. The molecule has 2 heterocycles. The van der Waals surface area contributed by atoms with Crippen LogP contribution in [-0.2, 0) is 0 Å². The fraction of sp³-hybridized carbons (Fsp3) is 0.125. The average molecular weight is 315 g/mol. The number of H-pyrrole nitrogens is 2. The highest BCUT2D eigenvalue weighted by molar-refractivity contribution is 9.10. The molecular formula is C16H15BrN2. The van der Waals surface area contributed by atoms with E-state index in [2.05, 4.69) is 63.2 Å². The van der Waals surface area contributed by atoms with Crippen molar-refractivity contribution in [1.29, 1.82) is 0 Å². The van der Waals surface area contributed by atoms with Crippen LogP contribution in [-0.4, -0.2) is 9.97 Å². The number of aromatic amines is 2. The predicted molar refractivity (Wildman–Crippen MR) is 81.4 cm³/mol. The molecule has 0 aliphatic rings. The summed E-state index contributed by atoms with van der Waals surface area (Å²) in [6.45, 7) is 2.15. The van der Waals surface area contributed by atoms with E-state index in [-0.39, 0.29) is 5.92 Å². The van der Waals surface area contributed by atoms with Crippen LogP contribution in [0.5, 0.6) is 0 Å². The van der Waals surface area contributed by atoms with Crippen molar-refractivity contribution in [3.63, 3.8) is 0 Å². The SMILES string of the molecule is Cc1c(Br)cccc1C(c1ccc[nH]1)c1ccc[nH]1. The maximum Gasteiger partial charge on any atom is 0.0644 e. The first-order valence-corrected chi connectivity index (χ1v) is 7.08. The Hall–Kier alpha value is -1.74. The molecule has 0 saturated carbocycles. The standard InChI is InChI=1S/C16H15BrN2/c1-11-12(5-2-6-13(11)17)16(14-7-3-9-18-14)15-8-4-10-19-15/h2-10,16,18-19H,1H3. The quantitative estimate of drug-likeness (QED) is 0.708. The number of halogens is 1. The van der Waals surface area contributed by atoms with E-state index in [0.717, 1.165) is 4.47 Å². The summed E-state index contributed by atoms with van der Waals surface area (Å²) in [5.74, 6) is 0.211. The molecule has 0 amide bonds. The molecule has 0 unspecified atom stereocenters. The van der Waals surface area contributed by atoms with Crippen molar-refractivity contribution >= 4 is 15.9 Å². The highest BCUT2D eigenvalue weighted by Gasteiger charge is 2.20. The monoisotopic (exact) mass is 314 g/mol. The van der Waals surface area contributed by atoms with Crippen LogP contribution in [0.15, 0.2) is 59.3 Å². The molecule has 0 spiro atoms. The highest BCUT2D eigenvalue weighted by atomic mass is 79.9. The Morgan fingerprint density at radius 1 is 0.895 bits per heavy atom. The van der Waals surface area contributed by atoms with Gasteiger partial charge in [0.2, 0.25) is 0 Å². The summed E-state index contributed by atoms with van der Waals surface area (Å²) < 4.78 is 1.15. The van der Waals surface area contributed by atoms with Crippen molar-refractivity contribution in [3.8, 4) is 0 Å². The normalized spacial score (nSPS) is 11.1. The van der Waals surface area contributed by atoms with Crippen LogP contribution < -0.4 is 0 Å². The molecule has 0 saturated heterocycles.